The molecule has 4 N–H and O–H groups in total. The van der Waals surface area contributed by atoms with Gasteiger partial charge in [0, 0.05) is 6.20 Å². The van der Waals surface area contributed by atoms with Gasteiger partial charge in [-0.25, -0.2) is 4.98 Å². The number of H-pyrrole nitrogens is 1. The first-order chi connectivity index (χ1) is 10.5. The molecule has 0 aliphatic carbocycles. The summed E-state index contributed by atoms with van der Waals surface area (Å²) in [5, 5.41) is 24.2. The molecule has 0 saturated heterocycles. The predicted molar refractivity (Wildman–Crippen MR) is 90.5 cm³/mol. The SMILES string of the molecule is CSc1nnc(Nc2ncc(Br)c(NC(CO)C(C)C)n2)[nH]1. The molecule has 22 heavy (non-hydrogen) atoms. The zero-order valence-electron chi connectivity index (χ0n) is 12.5. The predicted octanol–water partition coefficient (Wildman–Crippen LogP) is 2.25. The van der Waals surface area contributed by atoms with Crippen LogP contribution in [0.2, 0.25) is 0 Å². The van der Waals surface area contributed by atoms with E-state index in [2.05, 4.69) is 51.7 Å². The van der Waals surface area contributed by atoms with E-state index in [1.165, 1.54) is 11.8 Å². The summed E-state index contributed by atoms with van der Waals surface area (Å²) in [7, 11) is 0. The highest BCUT2D eigenvalue weighted by atomic mass is 79.9. The molecular weight excluding hydrogens is 370 g/mol. The molecule has 1 atom stereocenters. The maximum absolute atomic E-state index is 9.42. The number of thioether (sulfide) groups is 1. The van der Waals surface area contributed by atoms with Gasteiger partial charge in [-0.1, -0.05) is 25.6 Å². The van der Waals surface area contributed by atoms with Crippen molar-refractivity contribution in [3.05, 3.63) is 10.7 Å². The molecule has 2 rings (SSSR count). The van der Waals surface area contributed by atoms with Crippen LogP contribution in [-0.4, -0.2) is 49.2 Å². The Morgan fingerprint density at radius 1 is 1.41 bits per heavy atom. The first kappa shape index (κ1) is 17.0. The van der Waals surface area contributed by atoms with E-state index in [-0.39, 0.29) is 18.6 Å². The molecule has 0 fully saturated rings. The van der Waals surface area contributed by atoms with Gasteiger partial charge in [-0.15, -0.1) is 10.2 Å². The molecular formula is C12H18BrN7OS. The van der Waals surface area contributed by atoms with Crippen LogP contribution in [0.3, 0.4) is 0 Å². The molecule has 10 heteroatoms. The van der Waals surface area contributed by atoms with Crippen molar-refractivity contribution in [2.24, 2.45) is 5.92 Å². The van der Waals surface area contributed by atoms with E-state index in [9.17, 15) is 5.11 Å². The molecule has 1 unspecified atom stereocenters. The van der Waals surface area contributed by atoms with Crippen LogP contribution in [0.15, 0.2) is 15.8 Å². The lowest BCUT2D eigenvalue weighted by Gasteiger charge is -2.21. The van der Waals surface area contributed by atoms with E-state index in [0.717, 1.165) is 4.47 Å². The van der Waals surface area contributed by atoms with E-state index in [4.69, 9.17) is 0 Å². The van der Waals surface area contributed by atoms with Gasteiger partial charge < -0.3 is 15.4 Å². The van der Waals surface area contributed by atoms with E-state index in [1.54, 1.807) is 6.20 Å². The minimum absolute atomic E-state index is 0.0239. The second-order valence-electron chi connectivity index (χ2n) is 4.88. The minimum Gasteiger partial charge on any atom is -0.394 e. The molecule has 0 saturated carbocycles. The zero-order valence-corrected chi connectivity index (χ0v) is 14.9. The van der Waals surface area contributed by atoms with Crippen LogP contribution in [0, 0.1) is 5.92 Å². The van der Waals surface area contributed by atoms with Crippen molar-refractivity contribution in [1.29, 1.82) is 0 Å². The average Bonchev–Trinajstić information content (AvgIpc) is 2.95. The molecule has 0 aromatic carbocycles. The smallest absolute Gasteiger partial charge is 0.231 e. The lowest BCUT2D eigenvalue weighted by Crippen LogP contribution is -2.30. The Hall–Kier alpha value is -1.39. The summed E-state index contributed by atoms with van der Waals surface area (Å²) in [6, 6.07) is -0.0903. The first-order valence-electron chi connectivity index (χ1n) is 6.67. The van der Waals surface area contributed by atoms with Crippen LogP contribution in [0.4, 0.5) is 17.7 Å². The van der Waals surface area contributed by atoms with Crippen LogP contribution >= 0.6 is 27.7 Å². The van der Waals surface area contributed by atoms with Crippen LogP contribution in [0.1, 0.15) is 13.8 Å². The third-order valence-electron chi connectivity index (χ3n) is 2.96. The number of rotatable bonds is 7. The fraction of sp³-hybridized carbons (Fsp3) is 0.500. The van der Waals surface area contributed by atoms with Gasteiger partial charge in [-0.05, 0) is 28.1 Å². The first-order valence-corrected chi connectivity index (χ1v) is 8.69. The van der Waals surface area contributed by atoms with Crippen molar-refractivity contribution < 1.29 is 5.11 Å². The minimum atomic E-state index is -0.0903. The number of aromatic amines is 1. The molecule has 0 bridgehead atoms. The fourth-order valence-corrected chi connectivity index (χ4v) is 2.25. The number of halogens is 1. The van der Waals surface area contributed by atoms with Crippen LogP contribution in [-0.2, 0) is 0 Å². The van der Waals surface area contributed by atoms with Crippen LogP contribution < -0.4 is 10.6 Å². The van der Waals surface area contributed by atoms with E-state index in [0.29, 0.717) is 22.9 Å². The molecule has 2 aromatic heterocycles. The molecule has 2 aromatic rings. The van der Waals surface area contributed by atoms with E-state index in [1.807, 2.05) is 20.1 Å². The number of nitrogens with zero attached hydrogens (tertiary/aromatic N) is 4. The second-order valence-corrected chi connectivity index (χ2v) is 6.52. The Kier molecular flexibility index (Phi) is 5.98. The Morgan fingerprint density at radius 2 is 2.18 bits per heavy atom. The van der Waals surface area contributed by atoms with Gasteiger partial charge in [0.2, 0.25) is 11.9 Å². The summed E-state index contributed by atoms with van der Waals surface area (Å²) in [5.74, 6) is 1.73. The summed E-state index contributed by atoms with van der Waals surface area (Å²) >= 11 is 4.86. The van der Waals surface area contributed by atoms with Gasteiger partial charge in [0.1, 0.15) is 5.82 Å². The Morgan fingerprint density at radius 3 is 2.77 bits per heavy atom. The van der Waals surface area contributed by atoms with Crippen molar-refractivity contribution in [3.63, 3.8) is 0 Å². The van der Waals surface area contributed by atoms with Gasteiger partial charge in [-0.3, -0.25) is 5.32 Å². The fourth-order valence-electron chi connectivity index (χ4n) is 1.63. The summed E-state index contributed by atoms with van der Waals surface area (Å²) in [4.78, 5) is 11.6. The Balaban J connectivity index is 2.15. The van der Waals surface area contributed by atoms with Crippen molar-refractivity contribution in [2.45, 2.75) is 25.0 Å². The Labute approximate surface area is 141 Å². The van der Waals surface area contributed by atoms with Gasteiger partial charge in [0.15, 0.2) is 5.16 Å². The summed E-state index contributed by atoms with van der Waals surface area (Å²) in [6.07, 6.45) is 3.54. The van der Waals surface area contributed by atoms with Gasteiger partial charge in [0.25, 0.3) is 0 Å². The van der Waals surface area contributed by atoms with Crippen molar-refractivity contribution in [1.82, 2.24) is 25.1 Å². The van der Waals surface area contributed by atoms with E-state index < -0.39 is 0 Å². The Bertz CT molecular complexity index is 621. The topological polar surface area (TPSA) is 112 Å². The molecule has 2 heterocycles. The maximum Gasteiger partial charge on any atom is 0.231 e. The third kappa shape index (κ3) is 4.31. The number of aliphatic hydroxyl groups excluding tert-OH is 1. The van der Waals surface area contributed by atoms with Crippen molar-refractivity contribution in [3.8, 4) is 0 Å². The number of aromatic nitrogens is 5. The number of nitrogens with one attached hydrogen (secondary N) is 3. The monoisotopic (exact) mass is 387 g/mol. The van der Waals surface area contributed by atoms with Crippen LogP contribution in [0.5, 0.6) is 0 Å². The largest absolute Gasteiger partial charge is 0.394 e. The number of hydrogen-bond donors (Lipinski definition) is 4. The summed E-state index contributed by atoms with van der Waals surface area (Å²) < 4.78 is 0.722. The quantitative estimate of drug-likeness (QED) is 0.535. The second kappa shape index (κ2) is 7.75. The zero-order chi connectivity index (χ0) is 16.1. The standard InChI is InChI=1S/C12H18BrN7OS/c1-6(2)8(5-21)15-9-7(13)4-14-10(16-9)17-11-18-12(22-3)20-19-11/h4,6,8,21H,5H2,1-3H3,(H3,14,15,16,17,18,19,20). The lowest BCUT2D eigenvalue weighted by atomic mass is 10.1. The number of hydrogen-bond acceptors (Lipinski definition) is 8. The molecule has 0 aliphatic heterocycles. The normalized spacial score (nSPS) is 12.5. The van der Waals surface area contributed by atoms with Gasteiger partial charge in [-0.2, -0.15) is 4.98 Å². The maximum atomic E-state index is 9.42. The molecule has 0 radical (unpaired) electrons. The summed E-state index contributed by atoms with van der Waals surface area (Å²) in [5.41, 5.74) is 0. The van der Waals surface area contributed by atoms with Gasteiger partial charge >= 0.3 is 0 Å². The molecule has 0 aliphatic rings. The molecule has 0 amide bonds. The highest BCUT2D eigenvalue weighted by molar-refractivity contribution is 9.10. The van der Waals surface area contributed by atoms with Crippen LogP contribution in [0.25, 0.3) is 0 Å². The average molecular weight is 388 g/mol. The highest BCUT2D eigenvalue weighted by Gasteiger charge is 2.15. The number of anilines is 3. The van der Waals surface area contributed by atoms with E-state index >= 15 is 0 Å². The molecule has 0 spiro atoms. The molecule has 8 nitrogen and oxygen atoms in total. The third-order valence-corrected chi connectivity index (χ3v) is 4.11. The lowest BCUT2D eigenvalue weighted by molar-refractivity contribution is 0.249. The van der Waals surface area contributed by atoms with Crippen molar-refractivity contribution >= 4 is 45.4 Å². The summed E-state index contributed by atoms with van der Waals surface area (Å²) in [6.45, 7) is 4.08. The van der Waals surface area contributed by atoms with Gasteiger partial charge in [0.05, 0.1) is 17.1 Å². The molecule has 120 valence electrons. The highest BCUT2D eigenvalue weighted by Crippen LogP contribution is 2.23. The van der Waals surface area contributed by atoms with Crippen molar-refractivity contribution in [2.75, 3.05) is 23.5 Å². The number of aliphatic hydroxyl groups is 1.